The Balaban J connectivity index is 0.00000288. The van der Waals surface area contributed by atoms with Gasteiger partial charge in [-0.25, -0.2) is 0 Å². The monoisotopic (exact) mass is 348 g/mol. The average molecular weight is 349 g/mol. The van der Waals surface area contributed by atoms with E-state index < -0.39 is 0 Å². The largest absolute Gasteiger partial charge is 0.495 e. The van der Waals surface area contributed by atoms with Gasteiger partial charge in [-0.15, -0.1) is 12.4 Å². The number of rotatable bonds is 8. The lowest BCUT2D eigenvalue weighted by Gasteiger charge is -2.20. The quantitative estimate of drug-likeness (QED) is 0.784. The summed E-state index contributed by atoms with van der Waals surface area (Å²) in [5.74, 6) is 0.679. The van der Waals surface area contributed by atoms with E-state index in [1.165, 1.54) is 5.56 Å². The molecule has 0 aliphatic carbocycles. The number of nitrogens with zero attached hydrogens (tertiary/aromatic N) is 1. The number of nitrogens with one attached hydrogen (secondary N) is 1. The molecule has 5 heteroatoms. The number of methoxy groups -OCH3 is 1. The molecule has 0 atom stereocenters. The molecule has 4 nitrogen and oxygen atoms in total. The fourth-order valence-corrected chi connectivity index (χ4v) is 2.41. The van der Waals surface area contributed by atoms with E-state index in [2.05, 4.69) is 29.3 Å². The molecule has 1 amide bonds. The van der Waals surface area contributed by atoms with Crippen molar-refractivity contribution in [2.24, 2.45) is 0 Å². The first kappa shape index (κ1) is 20.0. The van der Waals surface area contributed by atoms with Crippen LogP contribution in [0.2, 0.25) is 0 Å². The van der Waals surface area contributed by atoms with Gasteiger partial charge in [-0.3, -0.25) is 9.69 Å². The lowest BCUT2D eigenvalue weighted by molar-refractivity contribution is -0.116. The fraction of sp³-hybridized carbons (Fsp3) is 0.316. The maximum atomic E-state index is 12.2. The number of benzene rings is 2. The van der Waals surface area contributed by atoms with E-state index in [0.717, 1.165) is 19.6 Å². The summed E-state index contributed by atoms with van der Waals surface area (Å²) in [6, 6.07) is 17.8. The van der Waals surface area contributed by atoms with Crippen LogP contribution in [0.15, 0.2) is 54.6 Å². The predicted octanol–water partition coefficient (Wildman–Crippen LogP) is 3.97. The Kier molecular flexibility index (Phi) is 8.90. The molecule has 2 aromatic carbocycles. The van der Waals surface area contributed by atoms with Crippen LogP contribution in [-0.2, 0) is 11.3 Å². The number of ether oxygens (including phenoxy) is 1. The topological polar surface area (TPSA) is 41.6 Å². The molecule has 0 aliphatic rings. The van der Waals surface area contributed by atoms with Crippen LogP contribution in [0.1, 0.15) is 18.9 Å². The summed E-state index contributed by atoms with van der Waals surface area (Å²) in [7, 11) is 1.60. The molecule has 0 bridgehead atoms. The highest BCUT2D eigenvalue weighted by atomic mass is 35.5. The first-order chi connectivity index (χ1) is 11.2. The zero-order valence-corrected chi connectivity index (χ0v) is 15.0. The van der Waals surface area contributed by atoms with Crippen LogP contribution in [0.3, 0.4) is 0 Å². The van der Waals surface area contributed by atoms with E-state index in [1.807, 2.05) is 42.5 Å². The van der Waals surface area contributed by atoms with Crippen molar-refractivity contribution in [1.82, 2.24) is 4.90 Å². The summed E-state index contributed by atoms with van der Waals surface area (Å²) in [6.45, 7) is 4.61. The summed E-state index contributed by atoms with van der Waals surface area (Å²) in [6.07, 6.45) is 0.457. The van der Waals surface area contributed by atoms with Crippen molar-refractivity contribution in [3.63, 3.8) is 0 Å². The van der Waals surface area contributed by atoms with Crippen molar-refractivity contribution in [3.8, 4) is 5.75 Å². The van der Waals surface area contributed by atoms with Gasteiger partial charge in [-0.05, 0) is 24.2 Å². The van der Waals surface area contributed by atoms with Crippen molar-refractivity contribution in [1.29, 1.82) is 0 Å². The molecular formula is C19H25ClN2O2. The molecule has 1 N–H and O–H groups in total. The van der Waals surface area contributed by atoms with Gasteiger partial charge in [-0.2, -0.15) is 0 Å². The highest BCUT2D eigenvalue weighted by Crippen LogP contribution is 2.23. The average Bonchev–Trinajstić information content (AvgIpc) is 2.60. The number of hydrogen-bond donors (Lipinski definition) is 1. The third kappa shape index (κ3) is 6.22. The van der Waals surface area contributed by atoms with Gasteiger partial charge in [0.2, 0.25) is 5.91 Å². The van der Waals surface area contributed by atoms with Crippen molar-refractivity contribution in [2.45, 2.75) is 19.9 Å². The Morgan fingerprint density at radius 1 is 1.08 bits per heavy atom. The first-order valence-corrected chi connectivity index (χ1v) is 7.92. The van der Waals surface area contributed by atoms with Gasteiger partial charge in [-0.1, -0.05) is 49.4 Å². The van der Waals surface area contributed by atoms with E-state index in [0.29, 0.717) is 17.9 Å². The normalized spacial score (nSPS) is 10.1. The molecule has 0 unspecified atom stereocenters. The van der Waals surface area contributed by atoms with E-state index >= 15 is 0 Å². The van der Waals surface area contributed by atoms with Gasteiger partial charge in [0.1, 0.15) is 5.75 Å². The Bertz CT molecular complexity index is 620. The second-order valence-electron chi connectivity index (χ2n) is 5.35. The molecule has 0 fully saturated rings. The second kappa shape index (κ2) is 10.7. The van der Waals surface area contributed by atoms with E-state index in [4.69, 9.17) is 4.74 Å². The molecule has 0 saturated heterocycles. The Hall–Kier alpha value is -2.04. The maximum absolute atomic E-state index is 12.2. The molecule has 0 saturated carbocycles. The smallest absolute Gasteiger partial charge is 0.225 e. The summed E-state index contributed by atoms with van der Waals surface area (Å²) < 4.78 is 5.25. The molecule has 0 radical (unpaired) electrons. The van der Waals surface area contributed by atoms with Gasteiger partial charge < -0.3 is 10.1 Å². The van der Waals surface area contributed by atoms with Crippen LogP contribution in [0.4, 0.5) is 5.69 Å². The minimum absolute atomic E-state index is 0. The summed E-state index contributed by atoms with van der Waals surface area (Å²) in [5, 5.41) is 2.91. The standard InChI is InChI=1S/C19H24N2O2.ClH/c1-3-21(15-16-9-5-4-6-10-16)14-13-19(22)20-17-11-7-8-12-18(17)23-2;/h4-12H,3,13-15H2,1-2H3,(H,20,22);1H. The maximum Gasteiger partial charge on any atom is 0.225 e. The van der Waals surface area contributed by atoms with Gasteiger partial charge in [0, 0.05) is 19.5 Å². The minimum atomic E-state index is 0. The van der Waals surface area contributed by atoms with Gasteiger partial charge in [0.15, 0.2) is 0 Å². The number of halogens is 1. The molecule has 2 aromatic rings. The fourth-order valence-electron chi connectivity index (χ4n) is 2.41. The molecule has 0 heterocycles. The highest BCUT2D eigenvalue weighted by Gasteiger charge is 2.10. The zero-order chi connectivity index (χ0) is 16.5. The Labute approximate surface area is 150 Å². The van der Waals surface area contributed by atoms with Gasteiger partial charge in [0.05, 0.1) is 12.8 Å². The molecule has 0 aromatic heterocycles. The van der Waals surface area contributed by atoms with Crippen LogP contribution in [0.25, 0.3) is 0 Å². The lowest BCUT2D eigenvalue weighted by Crippen LogP contribution is -2.27. The molecule has 0 spiro atoms. The zero-order valence-electron chi connectivity index (χ0n) is 14.2. The predicted molar refractivity (Wildman–Crippen MR) is 101 cm³/mol. The number of para-hydroxylation sites is 2. The number of hydrogen-bond acceptors (Lipinski definition) is 3. The number of anilines is 1. The van der Waals surface area contributed by atoms with Crippen molar-refractivity contribution >= 4 is 24.0 Å². The first-order valence-electron chi connectivity index (χ1n) is 7.92. The van der Waals surface area contributed by atoms with Crippen LogP contribution in [0.5, 0.6) is 5.75 Å². The van der Waals surface area contributed by atoms with Crippen LogP contribution in [0, 0.1) is 0 Å². The van der Waals surface area contributed by atoms with Crippen LogP contribution in [-0.4, -0.2) is 31.0 Å². The summed E-state index contributed by atoms with van der Waals surface area (Å²) in [4.78, 5) is 14.4. The lowest BCUT2D eigenvalue weighted by atomic mass is 10.2. The Morgan fingerprint density at radius 2 is 1.75 bits per heavy atom. The molecular weight excluding hydrogens is 324 g/mol. The summed E-state index contributed by atoms with van der Waals surface area (Å²) >= 11 is 0. The number of amides is 1. The van der Waals surface area contributed by atoms with E-state index in [1.54, 1.807) is 7.11 Å². The number of carbonyl (C=O) groups is 1. The third-order valence-electron chi connectivity index (χ3n) is 3.73. The van der Waals surface area contributed by atoms with E-state index in [9.17, 15) is 4.79 Å². The van der Waals surface area contributed by atoms with Crippen molar-refractivity contribution in [2.75, 3.05) is 25.5 Å². The van der Waals surface area contributed by atoms with Gasteiger partial charge in [0.25, 0.3) is 0 Å². The van der Waals surface area contributed by atoms with Gasteiger partial charge >= 0.3 is 0 Å². The molecule has 24 heavy (non-hydrogen) atoms. The highest BCUT2D eigenvalue weighted by molar-refractivity contribution is 5.92. The number of carbonyl (C=O) groups excluding carboxylic acids is 1. The molecule has 0 aliphatic heterocycles. The van der Waals surface area contributed by atoms with E-state index in [-0.39, 0.29) is 18.3 Å². The molecule has 2 rings (SSSR count). The van der Waals surface area contributed by atoms with Crippen molar-refractivity contribution < 1.29 is 9.53 Å². The SMILES string of the molecule is CCN(CCC(=O)Nc1ccccc1OC)Cc1ccccc1.Cl. The Morgan fingerprint density at radius 3 is 2.42 bits per heavy atom. The van der Waals surface area contributed by atoms with Crippen molar-refractivity contribution in [3.05, 3.63) is 60.2 Å². The minimum Gasteiger partial charge on any atom is -0.495 e. The second-order valence-corrected chi connectivity index (χ2v) is 5.35. The van der Waals surface area contributed by atoms with Crippen LogP contribution < -0.4 is 10.1 Å². The molecule has 130 valence electrons. The van der Waals surface area contributed by atoms with Crippen LogP contribution >= 0.6 is 12.4 Å². The summed E-state index contributed by atoms with van der Waals surface area (Å²) in [5.41, 5.74) is 1.98. The third-order valence-corrected chi connectivity index (χ3v) is 3.73.